The molecule has 1 aromatic carbocycles. The Morgan fingerprint density at radius 3 is 2.57 bits per heavy atom. The predicted molar refractivity (Wildman–Crippen MR) is 124 cm³/mol. The second kappa shape index (κ2) is 10.1. The maximum absolute atomic E-state index is 14.4. The lowest BCUT2D eigenvalue weighted by atomic mass is 9.73. The van der Waals surface area contributed by atoms with Gasteiger partial charge in [0.05, 0.1) is 23.5 Å². The Morgan fingerprint density at radius 1 is 1.14 bits per heavy atom. The minimum absolute atomic E-state index is 0.0216. The third-order valence-electron chi connectivity index (χ3n) is 6.24. The van der Waals surface area contributed by atoms with Gasteiger partial charge in [-0.2, -0.15) is 0 Å². The van der Waals surface area contributed by atoms with E-state index >= 15 is 0 Å². The van der Waals surface area contributed by atoms with Gasteiger partial charge in [0.25, 0.3) is 5.91 Å². The number of carbonyl (C=O) groups is 1. The number of azide groups is 1. The summed E-state index contributed by atoms with van der Waals surface area (Å²) in [4.78, 5) is 23.9. The molecule has 11 heteroatoms. The molecule has 1 unspecified atom stereocenters. The van der Waals surface area contributed by atoms with Gasteiger partial charge in [0.2, 0.25) is 0 Å². The fraction of sp³-hybridized carbons (Fsp3) is 0.292. The average Bonchev–Trinajstić information content (AvgIpc) is 2.82. The highest BCUT2D eigenvalue weighted by atomic mass is 19.1. The molecule has 2 heterocycles. The van der Waals surface area contributed by atoms with E-state index in [9.17, 15) is 18.0 Å². The summed E-state index contributed by atoms with van der Waals surface area (Å²) in [5, 5.41) is 6.54. The Hall–Kier alpha value is -3.95. The molecule has 4 atom stereocenters. The summed E-state index contributed by atoms with van der Waals surface area (Å²) in [6.45, 7) is 1.95. The van der Waals surface area contributed by atoms with Crippen molar-refractivity contribution in [1.29, 1.82) is 0 Å². The van der Waals surface area contributed by atoms with Crippen molar-refractivity contribution >= 4 is 11.6 Å². The van der Waals surface area contributed by atoms with Crippen molar-refractivity contribution < 1.29 is 18.0 Å². The molecule has 3 N–H and O–H groups in total. The number of nitrogens with two attached hydrogens (primary N) is 1. The number of anilines is 1. The van der Waals surface area contributed by atoms with Crippen molar-refractivity contribution in [1.82, 2.24) is 9.97 Å². The molecule has 180 valence electrons. The number of benzene rings is 1. The Kier molecular flexibility index (Phi) is 6.99. The Balaban J connectivity index is 1.61. The number of carbonyl (C=O) groups excluding carboxylic acids is 1. The molecule has 4 rings (SSSR count). The fourth-order valence-electron chi connectivity index (χ4n) is 4.61. The quantitative estimate of drug-likeness (QED) is 0.290. The predicted octanol–water partition coefficient (Wildman–Crippen LogP) is 5.33. The topological polar surface area (TPSA) is 130 Å². The molecule has 1 amide bonds. The van der Waals surface area contributed by atoms with Crippen LogP contribution in [0.2, 0.25) is 0 Å². The minimum atomic E-state index is -0.995. The van der Waals surface area contributed by atoms with E-state index in [1.54, 1.807) is 12.3 Å². The summed E-state index contributed by atoms with van der Waals surface area (Å²) >= 11 is 0. The van der Waals surface area contributed by atoms with Crippen molar-refractivity contribution in [2.45, 2.75) is 37.8 Å². The normalized spacial score (nSPS) is 21.7. The van der Waals surface area contributed by atoms with E-state index in [2.05, 4.69) is 25.3 Å². The van der Waals surface area contributed by atoms with Crippen molar-refractivity contribution in [3.8, 4) is 11.3 Å². The molecule has 0 bridgehead atoms. The van der Waals surface area contributed by atoms with E-state index in [4.69, 9.17) is 11.3 Å². The molecule has 8 nitrogen and oxygen atoms in total. The first-order valence-electron chi connectivity index (χ1n) is 11.0. The standard InChI is InChI=1S/C24H22F3N7O/c1-12-9-13(10-18(28)22(12)33-34-29)14-7-8-30-11-20(14)32-24(35)19-6-5-17(27)23(31-19)21-15(25)3-2-4-16(21)26/h2-8,11-13,18,22H,9-10,28H2,1H3,(H,32,35)/t12-,13+,18+,22?/m0/s1. The van der Waals surface area contributed by atoms with E-state index in [0.717, 1.165) is 35.9 Å². The van der Waals surface area contributed by atoms with Crippen LogP contribution >= 0.6 is 0 Å². The first-order valence-corrected chi connectivity index (χ1v) is 11.0. The lowest BCUT2D eigenvalue weighted by Crippen LogP contribution is -2.43. The highest BCUT2D eigenvalue weighted by molar-refractivity contribution is 6.03. The number of aromatic nitrogens is 2. The number of nitrogens with zero attached hydrogens (tertiary/aromatic N) is 5. The van der Waals surface area contributed by atoms with Gasteiger partial charge >= 0.3 is 0 Å². The molecule has 1 aliphatic rings. The van der Waals surface area contributed by atoms with Gasteiger partial charge in [-0.3, -0.25) is 9.78 Å². The van der Waals surface area contributed by atoms with E-state index in [1.165, 1.54) is 6.20 Å². The zero-order valence-electron chi connectivity index (χ0n) is 18.7. The molecule has 0 saturated heterocycles. The van der Waals surface area contributed by atoms with Gasteiger partial charge in [-0.25, -0.2) is 18.2 Å². The Bertz CT molecular complexity index is 1280. The van der Waals surface area contributed by atoms with Crippen LogP contribution in [0.15, 0.2) is 53.9 Å². The molecule has 0 aliphatic heterocycles. The third-order valence-corrected chi connectivity index (χ3v) is 6.24. The zero-order chi connectivity index (χ0) is 25.1. The molecule has 0 radical (unpaired) electrons. The molecule has 35 heavy (non-hydrogen) atoms. The van der Waals surface area contributed by atoms with E-state index in [-0.39, 0.29) is 29.6 Å². The van der Waals surface area contributed by atoms with Crippen molar-refractivity contribution in [3.05, 3.63) is 87.9 Å². The summed E-state index contributed by atoms with van der Waals surface area (Å²) in [7, 11) is 0. The number of hydrogen-bond donors (Lipinski definition) is 2. The van der Waals surface area contributed by atoms with Gasteiger partial charge in [-0.1, -0.05) is 18.1 Å². The van der Waals surface area contributed by atoms with Crippen molar-refractivity contribution in [2.75, 3.05) is 5.32 Å². The maximum Gasteiger partial charge on any atom is 0.274 e. The van der Waals surface area contributed by atoms with Crippen LogP contribution < -0.4 is 11.1 Å². The molecule has 1 fully saturated rings. The second-order valence-electron chi connectivity index (χ2n) is 8.55. The number of halogens is 3. The first-order chi connectivity index (χ1) is 16.8. The number of hydrogen-bond acceptors (Lipinski definition) is 5. The largest absolute Gasteiger partial charge is 0.327 e. The van der Waals surface area contributed by atoms with E-state index < -0.39 is 34.6 Å². The first kappa shape index (κ1) is 24.2. The van der Waals surface area contributed by atoms with Gasteiger partial charge in [0, 0.05) is 17.2 Å². The third kappa shape index (κ3) is 4.96. The molecular weight excluding hydrogens is 459 g/mol. The van der Waals surface area contributed by atoms with Crippen molar-refractivity contribution in [3.63, 3.8) is 0 Å². The molecule has 3 aromatic rings. The highest BCUT2D eigenvalue weighted by Crippen LogP contribution is 2.39. The van der Waals surface area contributed by atoms with Crippen LogP contribution in [0.3, 0.4) is 0 Å². The Labute approximate surface area is 199 Å². The van der Waals surface area contributed by atoms with Crippen LogP contribution in [0.5, 0.6) is 0 Å². The number of rotatable bonds is 5. The van der Waals surface area contributed by atoms with Gasteiger partial charge in [-0.15, -0.1) is 0 Å². The summed E-state index contributed by atoms with van der Waals surface area (Å²) in [5.74, 6) is -3.67. The summed E-state index contributed by atoms with van der Waals surface area (Å²) in [6.07, 6.45) is 4.28. The minimum Gasteiger partial charge on any atom is -0.327 e. The molecule has 0 spiro atoms. The lowest BCUT2D eigenvalue weighted by Gasteiger charge is -2.37. The van der Waals surface area contributed by atoms with Gasteiger partial charge in [0.15, 0.2) is 0 Å². The van der Waals surface area contributed by atoms with Crippen LogP contribution in [0.25, 0.3) is 21.7 Å². The number of pyridine rings is 2. The number of amides is 1. The van der Waals surface area contributed by atoms with Crippen LogP contribution in [0.4, 0.5) is 18.9 Å². The highest BCUT2D eigenvalue weighted by Gasteiger charge is 2.34. The lowest BCUT2D eigenvalue weighted by molar-refractivity contribution is 0.102. The van der Waals surface area contributed by atoms with Crippen LogP contribution in [-0.4, -0.2) is 28.0 Å². The summed E-state index contributed by atoms with van der Waals surface area (Å²) in [6, 6.07) is 6.28. The SMILES string of the molecule is C[C@H]1C[C@@H](c2ccncc2NC(=O)c2ccc(F)c(-c3c(F)cccc3F)n2)C[C@@H](N)C1N=[N+]=[N-]. The average molecular weight is 481 g/mol. The molecule has 2 aromatic heterocycles. The Morgan fingerprint density at radius 2 is 1.89 bits per heavy atom. The van der Waals surface area contributed by atoms with Gasteiger partial charge in [0.1, 0.15) is 28.8 Å². The molecular formula is C24H22F3N7O. The fourth-order valence-corrected chi connectivity index (χ4v) is 4.61. The maximum atomic E-state index is 14.4. The second-order valence-corrected chi connectivity index (χ2v) is 8.55. The zero-order valence-corrected chi connectivity index (χ0v) is 18.7. The molecule has 1 aliphatic carbocycles. The smallest absolute Gasteiger partial charge is 0.274 e. The number of nitrogens with one attached hydrogen (secondary N) is 1. The monoisotopic (exact) mass is 481 g/mol. The van der Waals surface area contributed by atoms with Crippen LogP contribution in [-0.2, 0) is 0 Å². The van der Waals surface area contributed by atoms with E-state index in [0.29, 0.717) is 18.5 Å². The van der Waals surface area contributed by atoms with Crippen LogP contribution in [0.1, 0.15) is 41.7 Å². The van der Waals surface area contributed by atoms with E-state index in [1.807, 2.05) is 6.92 Å². The summed E-state index contributed by atoms with van der Waals surface area (Å²) in [5.41, 5.74) is 14.8. The van der Waals surface area contributed by atoms with Gasteiger partial charge in [-0.05, 0) is 66.1 Å². The summed E-state index contributed by atoms with van der Waals surface area (Å²) < 4.78 is 42.8. The van der Waals surface area contributed by atoms with Crippen LogP contribution in [0, 0.1) is 23.4 Å². The van der Waals surface area contributed by atoms with Crippen molar-refractivity contribution in [2.24, 2.45) is 16.8 Å². The molecule has 1 saturated carbocycles. The van der Waals surface area contributed by atoms with Gasteiger partial charge < -0.3 is 11.1 Å².